The van der Waals surface area contributed by atoms with Crippen LogP contribution in [-0.2, 0) is 15.8 Å². The van der Waals surface area contributed by atoms with Gasteiger partial charge in [-0.2, -0.15) is 0 Å². The van der Waals surface area contributed by atoms with Crippen molar-refractivity contribution in [3.63, 3.8) is 0 Å². The summed E-state index contributed by atoms with van der Waals surface area (Å²) in [4.78, 5) is 0. The number of para-hydroxylation sites is 1. The Bertz CT molecular complexity index is 645. The Balaban J connectivity index is 2.16. The van der Waals surface area contributed by atoms with Crippen LogP contribution in [0.1, 0.15) is 11.1 Å². The van der Waals surface area contributed by atoms with Crippen LogP contribution in [0, 0.1) is 0 Å². The van der Waals surface area contributed by atoms with E-state index in [0.29, 0.717) is 12.6 Å². The average Bonchev–Trinajstić information content (AvgIpc) is 2.53. The van der Waals surface area contributed by atoms with E-state index >= 15 is 0 Å². The molecule has 0 spiro atoms. The van der Waals surface area contributed by atoms with Crippen molar-refractivity contribution in [3.05, 3.63) is 71.7 Å². The van der Waals surface area contributed by atoms with Gasteiger partial charge in [0.15, 0.2) is 0 Å². The molecule has 0 fully saturated rings. The van der Waals surface area contributed by atoms with Crippen molar-refractivity contribution < 1.29 is 13.9 Å². The fraction of sp³-hybridized carbons (Fsp3) is 0.263. The third-order valence-electron chi connectivity index (χ3n) is 3.04. The van der Waals surface area contributed by atoms with Crippen LogP contribution in [0.4, 0.5) is 0 Å². The first-order valence-electron chi connectivity index (χ1n) is 7.68. The molecule has 2 aromatic rings. The van der Waals surface area contributed by atoms with Gasteiger partial charge in [-0.25, -0.2) is 0 Å². The zero-order valence-corrected chi connectivity index (χ0v) is 15.2. The predicted molar refractivity (Wildman–Crippen MR) is 96.6 cm³/mol. The van der Waals surface area contributed by atoms with Crippen molar-refractivity contribution in [1.82, 2.24) is 0 Å². The molecule has 23 heavy (non-hydrogen) atoms. The van der Waals surface area contributed by atoms with Gasteiger partial charge in [-0.15, -0.1) is 0 Å². The van der Waals surface area contributed by atoms with Gasteiger partial charge in [0.25, 0.3) is 5.95 Å². The summed E-state index contributed by atoms with van der Waals surface area (Å²) in [7, 11) is -0.0933. The topological polar surface area (TPSA) is 27.7 Å². The zero-order chi connectivity index (χ0) is 16.7. The Morgan fingerprint density at radius 3 is 2.26 bits per heavy atom. The second-order valence-electron chi connectivity index (χ2n) is 6.19. The maximum atomic E-state index is 5.95. The molecule has 0 N–H and O–H groups in total. The van der Waals surface area contributed by atoms with Crippen LogP contribution < -0.4 is 4.74 Å². The minimum Gasteiger partial charge on any atom is -0.520 e. The third-order valence-corrected chi connectivity index (χ3v) is 3.85. The molecule has 0 unspecified atom stereocenters. The second kappa shape index (κ2) is 7.88. The molecule has 0 aliphatic heterocycles. The van der Waals surface area contributed by atoms with Crippen molar-refractivity contribution in [2.24, 2.45) is 0 Å². The maximum Gasteiger partial charge on any atom is 0.265 e. The van der Waals surface area contributed by atoms with Crippen molar-refractivity contribution >= 4 is 14.4 Å². The lowest BCUT2D eigenvalue weighted by Crippen LogP contribution is -2.25. The molecule has 3 nitrogen and oxygen atoms in total. The smallest absolute Gasteiger partial charge is 0.265 e. The SMILES string of the molecule is COC(=Cc1ccccc1OCc1ccccc1)O[Si](C)(C)C. The summed E-state index contributed by atoms with van der Waals surface area (Å²) in [6, 6.07) is 18.0. The number of benzene rings is 2. The minimum atomic E-state index is -1.72. The Morgan fingerprint density at radius 2 is 1.61 bits per heavy atom. The van der Waals surface area contributed by atoms with E-state index < -0.39 is 8.32 Å². The van der Waals surface area contributed by atoms with Gasteiger partial charge in [0.1, 0.15) is 12.4 Å². The average molecular weight is 328 g/mol. The first kappa shape index (κ1) is 17.2. The molecule has 4 heteroatoms. The van der Waals surface area contributed by atoms with Gasteiger partial charge >= 0.3 is 0 Å². The van der Waals surface area contributed by atoms with Gasteiger partial charge < -0.3 is 13.9 Å². The molecule has 0 aromatic heterocycles. The van der Waals surface area contributed by atoms with Crippen LogP contribution in [-0.4, -0.2) is 15.4 Å². The fourth-order valence-corrected chi connectivity index (χ4v) is 2.77. The van der Waals surface area contributed by atoms with E-state index in [-0.39, 0.29) is 0 Å². The first-order chi connectivity index (χ1) is 11.0. The third kappa shape index (κ3) is 5.83. The van der Waals surface area contributed by atoms with Crippen molar-refractivity contribution in [1.29, 1.82) is 0 Å². The summed E-state index contributed by atoms with van der Waals surface area (Å²) in [6.45, 7) is 6.90. The Morgan fingerprint density at radius 1 is 0.957 bits per heavy atom. The summed E-state index contributed by atoms with van der Waals surface area (Å²) in [5.41, 5.74) is 2.08. The molecule has 122 valence electrons. The molecule has 0 heterocycles. The highest BCUT2D eigenvalue weighted by Gasteiger charge is 2.18. The van der Waals surface area contributed by atoms with E-state index in [2.05, 4.69) is 19.6 Å². The van der Waals surface area contributed by atoms with Crippen molar-refractivity contribution in [2.45, 2.75) is 26.2 Å². The minimum absolute atomic E-state index is 0.528. The summed E-state index contributed by atoms with van der Waals surface area (Å²) < 4.78 is 17.3. The summed E-state index contributed by atoms with van der Waals surface area (Å²) >= 11 is 0. The largest absolute Gasteiger partial charge is 0.520 e. The standard InChI is InChI=1S/C19H24O3Si/c1-20-19(22-23(2,3)4)14-17-12-8-9-13-18(17)21-15-16-10-6-5-7-11-16/h5-14H,15H2,1-4H3. The van der Waals surface area contributed by atoms with Gasteiger partial charge in [-0.1, -0.05) is 48.5 Å². The van der Waals surface area contributed by atoms with Crippen molar-refractivity contribution in [3.8, 4) is 5.75 Å². The van der Waals surface area contributed by atoms with Crippen LogP contribution in [0.15, 0.2) is 60.5 Å². The highest BCUT2D eigenvalue weighted by atomic mass is 28.4. The van der Waals surface area contributed by atoms with Crippen LogP contribution >= 0.6 is 0 Å². The van der Waals surface area contributed by atoms with E-state index in [0.717, 1.165) is 16.9 Å². The van der Waals surface area contributed by atoms with Gasteiger partial charge in [-0.05, 0) is 31.3 Å². The van der Waals surface area contributed by atoms with Gasteiger partial charge in [0.05, 0.1) is 7.11 Å². The summed E-state index contributed by atoms with van der Waals surface area (Å²) in [6.07, 6.45) is 1.89. The predicted octanol–water partition coefficient (Wildman–Crippen LogP) is 5.06. The number of hydrogen-bond acceptors (Lipinski definition) is 3. The fourth-order valence-electron chi connectivity index (χ4n) is 2.03. The number of ether oxygens (including phenoxy) is 2. The number of rotatable bonds is 7. The van der Waals surface area contributed by atoms with Crippen molar-refractivity contribution in [2.75, 3.05) is 7.11 Å². The molecule has 2 rings (SSSR count). The molecule has 2 aromatic carbocycles. The summed E-state index contributed by atoms with van der Waals surface area (Å²) in [5, 5.41) is 0. The molecule has 0 amide bonds. The highest BCUT2D eigenvalue weighted by Crippen LogP contribution is 2.24. The van der Waals surface area contributed by atoms with E-state index in [9.17, 15) is 0 Å². The maximum absolute atomic E-state index is 5.95. The molecule has 0 atom stereocenters. The van der Waals surface area contributed by atoms with Gasteiger partial charge in [0, 0.05) is 11.6 Å². The van der Waals surface area contributed by atoms with Crippen LogP contribution in [0.25, 0.3) is 6.08 Å². The second-order valence-corrected chi connectivity index (χ2v) is 10.6. The Kier molecular flexibility index (Phi) is 5.88. The molecular formula is C19H24O3Si. The Labute approximate surface area is 139 Å². The monoisotopic (exact) mass is 328 g/mol. The molecule has 0 radical (unpaired) electrons. The normalized spacial score (nSPS) is 11.9. The molecule has 0 aliphatic carbocycles. The van der Waals surface area contributed by atoms with Crippen LogP contribution in [0.3, 0.4) is 0 Å². The molecule has 0 saturated heterocycles. The molecule has 0 aliphatic rings. The molecule has 0 saturated carbocycles. The van der Waals surface area contributed by atoms with E-state index in [1.165, 1.54) is 0 Å². The van der Waals surface area contributed by atoms with E-state index in [1.807, 2.05) is 60.7 Å². The van der Waals surface area contributed by atoms with Gasteiger partial charge in [0.2, 0.25) is 8.32 Å². The van der Waals surface area contributed by atoms with E-state index in [4.69, 9.17) is 13.9 Å². The summed E-state index contributed by atoms with van der Waals surface area (Å²) in [5.74, 6) is 1.34. The lowest BCUT2D eigenvalue weighted by molar-refractivity contribution is 0.152. The van der Waals surface area contributed by atoms with Crippen LogP contribution in [0.5, 0.6) is 5.75 Å². The molecular weight excluding hydrogens is 304 g/mol. The highest BCUT2D eigenvalue weighted by molar-refractivity contribution is 6.70. The van der Waals surface area contributed by atoms with Gasteiger partial charge in [-0.3, -0.25) is 0 Å². The number of hydrogen-bond donors (Lipinski definition) is 0. The quantitative estimate of drug-likeness (QED) is 0.525. The zero-order valence-electron chi connectivity index (χ0n) is 14.2. The lowest BCUT2D eigenvalue weighted by atomic mass is 10.2. The first-order valence-corrected chi connectivity index (χ1v) is 11.1. The number of methoxy groups -OCH3 is 1. The van der Waals surface area contributed by atoms with Crippen LogP contribution in [0.2, 0.25) is 19.6 Å². The lowest BCUT2D eigenvalue weighted by Gasteiger charge is -2.20. The Hall–Kier alpha value is -2.20. The molecule has 0 bridgehead atoms. The van der Waals surface area contributed by atoms with E-state index in [1.54, 1.807) is 7.11 Å².